The second kappa shape index (κ2) is 7.58. The number of alkyl halides is 2. The smallest absolute Gasteiger partial charge is 0.478 e. The molecule has 0 spiro atoms. The topological polar surface area (TPSA) is 85.7 Å². The van der Waals surface area contributed by atoms with Gasteiger partial charge in [-0.1, -0.05) is 18.2 Å². The van der Waals surface area contributed by atoms with Gasteiger partial charge in [0, 0.05) is 19.1 Å². The van der Waals surface area contributed by atoms with Gasteiger partial charge in [0.15, 0.2) is 11.5 Å². The van der Waals surface area contributed by atoms with E-state index in [4.69, 9.17) is 5.11 Å². The van der Waals surface area contributed by atoms with Gasteiger partial charge in [0.2, 0.25) is 0 Å². The van der Waals surface area contributed by atoms with Gasteiger partial charge >= 0.3 is 12.3 Å². The van der Waals surface area contributed by atoms with Crippen molar-refractivity contribution in [3.63, 3.8) is 0 Å². The van der Waals surface area contributed by atoms with Crippen molar-refractivity contribution in [2.24, 2.45) is 0 Å². The number of pyridine rings is 1. The normalized spacial score (nSPS) is 16.8. The molecule has 0 amide bonds. The third kappa shape index (κ3) is 3.76. The van der Waals surface area contributed by atoms with Crippen LogP contribution in [0.25, 0.3) is 11.3 Å². The summed E-state index contributed by atoms with van der Waals surface area (Å²) < 4.78 is 49.8. The van der Waals surface area contributed by atoms with Crippen LogP contribution >= 0.6 is 0 Å². The summed E-state index contributed by atoms with van der Waals surface area (Å²) >= 11 is 0. The maximum absolute atomic E-state index is 14.2. The van der Waals surface area contributed by atoms with Crippen LogP contribution in [0.2, 0.25) is 0 Å². The maximum atomic E-state index is 14.2. The lowest BCUT2D eigenvalue weighted by Crippen LogP contribution is -2.26. The highest BCUT2D eigenvalue weighted by Crippen LogP contribution is 2.52. The van der Waals surface area contributed by atoms with Crippen LogP contribution in [-0.4, -0.2) is 28.1 Å². The summed E-state index contributed by atoms with van der Waals surface area (Å²) in [7, 11) is 0. The number of nitrogens with zero attached hydrogens (tertiary/aromatic N) is 1. The van der Waals surface area contributed by atoms with E-state index in [1.54, 1.807) is 25.1 Å². The van der Waals surface area contributed by atoms with Crippen LogP contribution < -0.4 is 9.47 Å². The molecule has 1 aromatic heterocycles. The van der Waals surface area contributed by atoms with Crippen LogP contribution in [-0.2, 0) is 16.6 Å². The summed E-state index contributed by atoms with van der Waals surface area (Å²) in [6, 6.07) is 11.6. The van der Waals surface area contributed by atoms with Crippen molar-refractivity contribution >= 4 is 11.8 Å². The number of Topliss-reactive ketones (excluding diaryl/α,β-unsaturated/α-hetero) is 1. The first-order chi connectivity index (χ1) is 16.1. The Bertz CT molecular complexity index is 1360. The van der Waals surface area contributed by atoms with Crippen molar-refractivity contribution in [2.75, 3.05) is 0 Å². The van der Waals surface area contributed by atoms with Crippen LogP contribution in [0.3, 0.4) is 0 Å². The number of ketones is 1. The van der Waals surface area contributed by atoms with Crippen molar-refractivity contribution in [2.45, 2.75) is 37.9 Å². The second-order valence-electron chi connectivity index (χ2n) is 8.48. The van der Waals surface area contributed by atoms with E-state index in [-0.39, 0.29) is 25.1 Å². The number of carboxylic acids is 1. The van der Waals surface area contributed by atoms with Gasteiger partial charge in [-0.25, -0.2) is 9.18 Å². The van der Waals surface area contributed by atoms with Gasteiger partial charge in [-0.2, -0.15) is 0 Å². The highest BCUT2D eigenvalue weighted by molar-refractivity contribution is 5.94. The van der Waals surface area contributed by atoms with Crippen LogP contribution in [0, 0.1) is 12.7 Å². The molecule has 1 saturated carbocycles. The Hall–Kier alpha value is -3.88. The molecule has 0 radical (unpaired) electrons. The first-order valence-electron chi connectivity index (χ1n) is 10.5. The van der Waals surface area contributed by atoms with E-state index in [2.05, 4.69) is 14.5 Å². The number of aromatic carboxylic acids is 1. The van der Waals surface area contributed by atoms with Crippen LogP contribution in [0.1, 0.15) is 41.4 Å². The number of carbonyl (C=O) groups excluding carboxylic acids is 1. The number of aryl methyl sites for hydroxylation is 1. The highest BCUT2D eigenvalue weighted by atomic mass is 19.3. The van der Waals surface area contributed by atoms with Crippen molar-refractivity contribution in [3.05, 3.63) is 76.7 Å². The standard InChI is InChI=1S/C25H18F3NO5.H2/c1-13-2-5-16(29-22(13)14-3-6-17(23(31)32)18(26)10-14)12-21(30)24(8-9-24)15-4-7-19-20(11-15)34-25(27,28)33-19;/h2-7,10-11H,8-9,12H2,1H3,(H,31,32);1H. The van der Waals surface area contributed by atoms with Crippen molar-refractivity contribution in [1.29, 1.82) is 0 Å². The number of benzene rings is 2. The number of rotatable bonds is 6. The van der Waals surface area contributed by atoms with Gasteiger partial charge in [0.1, 0.15) is 11.6 Å². The summed E-state index contributed by atoms with van der Waals surface area (Å²) in [4.78, 5) is 28.9. The number of halogens is 3. The third-order valence-electron chi connectivity index (χ3n) is 6.21. The minimum atomic E-state index is -3.73. The summed E-state index contributed by atoms with van der Waals surface area (Å²) in [6.07, 6.45) is -2.59. The molecule has 9 heteroatoms. The molecular weight excluding hydrogens is 451 g/mol. The van der Waals surface area contributed by atoms with E-state index in [1.807, 2.05) is 0 Å². The third-order valence-corrected chi connectivity index (χ3v) is 6.21. The fraction of sp³-hybridized carbons (Fsp3) is 0.240. The Balaban J connectivity index is 0.00000289. The number of hydrogen-bond donors (Lipinski definition) is 1. The first kappa shape index (κ1) is 21.9. The van der Waals surface area contributed by atoms with Gasteiger partial charge in [0.05, 0.1) is 16.7 Å². The molecule has 2 heterocycles. The van der Waals surface area contributed by atoms with Gasteiger partial charge in [0.25, 0.3) is 0 Å². The van der Waals surface area contributed by atoms with E-state index >= 15 is 0 Å². The summed E-state index contributed by atoms with van der Waals surface area (Å²) in [6.45, 7) is 1.78. The van der Waals surface area contributed by atoms with E-state index in [0.717, 1.165) is 11.6 Å². The number of aromatic nitrogens is 1. The maximum Gasteiger partial charge on any atom is 0.586 e. The minimum absolute atomic E-state index is 0. The molecule has 5 rings (SSSR count). The molecule has 176 valence electrons. The molecule has 1 N–H and O–H groups in total. The minimum Gasteiger partial charge on any atom is -0.478 e. The predicted molar refractivity (Wildman–Crippen MR) is 116 cm³/mol. The molecule has 2 aliphatic rings. The molecule has 2 aromatic carbocycles. The molecule has 1 aliphatic heterocycles. The zero-order chi connectivity index (χ0) is 24.3. The Labute approximate surface area is 193 Å². The Morgan fingerprint density at radius 1 is 1.06 bits per heavy atom. The lowest BCUT2D eigenvalue weighted by atomic mass is 9.88. The number of hydrogen-bond acceptors (Lipinski definition) is 5. The Kier molecular flexibility index (Phi) is 4.89. The Morgan fingerprint density at radius 2 is 1.79 bits per heavy atom. The molecule has 34 heavy (non-hydrogen) atoms. The van der Waals surface area contributed by atoms with E-state index in [1.165, 1.54) is 24.3 Å². The Morgan fingerprint density at radius 3 is 2.47 bits per heavy atom. The zero-order valence-corrected chi connectivity index (χ0v) is 17.9. The molecular formula is C25H20F3NO5. The van der Waals surface area contributed by atoms with Crippen LogP contribution in [0.15, 0.2) is 48.5 Å². The van der Waals surface area contributed by atoms with E-state index in [9.17, 15) is 22.8 Å². The fourth-order valence-corrected chi connectivity index (χ4v) is 4.23. The largest absolute Gasteiger partial charge is 0.586 e. The lowest BCUT2D eigenvalue weighted by Gasteiger charge is -2.16. The molecule has 0 saturated heterocycles. The zero-order valence-electron chi connectivity index (χ0n) is 17.9. The average Bonchev–Trinajstić information content (AvgIpc) is 3.52. The monoisotopic (exact) mass is 471 g/mol. The lowest BCUT2D eigenvalue weighted by molar-refractivity contribution is -0.286. The first-order valence-corrected chi connectivity index (χ1v) is 10.5. The summed E-state index contributed by atoms with van der Waals surface area (Å²) in [5, 5.41) is 9.03. The predicted octanol–water partition coefficient (Wildman–Crippen LogP) is 5.31. The summed E-state index contributed by atoms with van der Waals surface area (Å²) in [5.41, 5.74) is 1.37. The number of ether oxygens (including phenoxy) is 2. The molecule has 0 bridgehead atoms. The average molecular weight is 471 g/mol. The highest BCUT2D eigenvalue weighted by Gasteiger charge is 2.52. The molecule has 0 atom stereocenters. The van der Waals surface area contributed by atoms with Crippen LogP contribution in [0.5, 0.6) is 11.5 Å². The number of fused-ring (bicyclic) bond motifs is 1. The molecule has 3 aromatic rings. The summed E-state index contributed by atoms with van der Waals surface area (Å²) in [5.74, 6) is -2.55. The quantitative estimate of drug-likeness (QED) is 0.525. The van der Waals surface area contributed by atoms with Crippen molar-refractivity contribution in [3.8, 4) is 22.8 Å². The fourth-order valence-electron chi connectivity index (χ4n) is 4.23. The van der Waals surface area contributed by atoms with Gasteiger partial charge in [-0.05, 0) is 61.2 Å². The number of carbonyl (C=O) groups is 2. The SMILES string of the molecule is Cc1ccc(CC(=O)C2(c3ccc4c(c3)OC(F)(F)O4)CC2)nc1-c1ccc(C(=O)O)c(F)c1.[HH]. The molecule has 0 unspecified atom stereocenters. The van der Waals surface area contributed by atoms with Crippen LogP contribution in [0.4, 0.5) is 13.2 Å². The van der Waals surface area contributed by atoms with Gasteiger partial charge in [-0.15, -0.1) is 8.78 Å². The molecule has 1 aliphatic carbocycles. The molecule has 6 nitrogen and oxygen atoms in total. The van der Waals surface area contributed by atoms with E-state index in [0.29, 0.717) is 35.4 Å². The number of carboxylic acid groups (broad SMARTS) is 1. The van der Waals surface area contributed by atoms with Gasteiger partial charge < -0.3 is 14.6 Å². The van der Waals surface area contributed by atoms with Gasteiger partial charge in [-0.3, -0.25) is 9.78 Å². The van der Waals surface area contributed by atoms with Crippen molar-refractivity contribution < 1.29 is 38.8 Å². The van der Waals surface area contributed by atoms with Crippen molar-refractivity contribution in [1.82, 2.24) is 4.98 Å². The molecule has 1 fully saturated rings. The second-order valence-corrected chi connectivity index (χ2v) is 8.48. The van der Waals surface area contributed by atoms with E-state index < -0.39 is 29.1 Å².